The first-order chi connectivity index (χ1) is 7.77. The van der Waals surface area contributed by atoms with E-state index in [-0.39, 0.29) is 11.6 Å². The quantitative estimate of drug-likeness (QED) is 0.667. The van der Waals surface area contributed by atoms with E-state index in [9.17, 15) is 9.59 Å². The summed E-state index contributed by atoms with van der Waals surface area (Å²) in [7, 11) is 0. The summed E-state index contributed by atoms with van der Waals surface area (Å²) in [6.07, 6.45) is 2.68. The number of ketones is 2. The van der Waals surface area contributed by atoms with Crippen molar-refractivity contribution in [2.24, 2.45) is 0 Å². The predicted molar refractivity (Wildman–Crippen MR) is 61.7 cm³/mol. The molecule has 2 heteroatoms. The van der Waals surface area contributed by atoms with E-state index in [1.807, 2.05) is 30.3 Å². The van der Waals surface area contributed by atoms with E-state index in [1.54, 1.807) is 6.07 Å². The van der Waals surface area contributed by atoms with E-state index in [0.29, 0.717) is 11.1 Å². The Morgan fingerprint density at radius 2 is 1.50 bits per heavy atom. The third-order valence-corrected chi connectivity index (χ3v) is 2.83. The Kier molecular flexibility index (Phi) is 1.77. The number of allylic oxidation sites excluding steroid dienone is 2. The van der Waals surface area contributed by atoms with Gasteiger partial charge in [-0.25, -0.2) is 0 Å². The first-order valence-corrected chi connectivity index (χ1v) is 5.06. The maximum atomic E-state index is 11.8. The SMILES string of the molecule is O=C1C=CC(=O)c2c1ccc1ccccc21. The Morgan fingerprint density at radius 1 is 0.750 bits per heavy atom. The molecular formula is C14H8O2. The van der Waals surface area contributed by atoms with Gasteiger partial charge in [-0.3, -0.25) is 9.59 Å². The second-order valence-corrected chi connectivity index (χ2v) is 3.77. The van der Waals surface area contributed by atoms with Gasteiger partial charge in [0.1, 0.15) is 0 Å². The lowest BCUT2D eigenvalue weighted by molar-refractivity contribution is 0.0995. The van der Waals surface area contributed by atoms with Crippen molar-refractivity contribution in [3.63, 3.8) is 0 Å². The Bertz CT molecular complexity index is 651. The van der Waals surface area contributed by atoms with Crippen LogP contribution < -0.4 is 0 Å². The van der Waals surface area contributed by atoms with Gasteiger partial charge in [-0.15, -0.1) is 0 Å². The van der Waals surface area contributed by atoms with Gasteiger partial charge in [-0.05, 0) is 29.0 Å². The number of carbonyl (C=O) groups excluding carboxylic acids is 2. The minimum absolute atomic E-state index is 0.0913. The standard InChI is InChI=1S/C14H8O2/c15-12-7-8-13(16)14-10-4-2-1-3-9(10)5-6-11(12)14/h1-8H. The molecule has 0 aliphatic heterocycles. The fraction of sp³-hybridized carbons (Fsp3) is 0. The van der Waals surface area contributed by atoms with Gasteiger partial charge in [0.2, 0.25) is 0 Å². The van der Waals surface area contributed by atoms with Gasteiger partial charge in [-0.2, -0.15) is 0 Å². The lowest BCUT2D eigenvalue weighted by atomic mass is 9.90. The highest BCUT2D eigenvalue weighted by Crippen LogP contribution is 2.26. The molecule has 0 atom stereocenters. The van der Waals surface area contributed by atoms with Gasteiger partial charge in [0, 0.05) is 11.1 Å². The average Bonchev–Trinajstić information content (AvgIpc) is 2.33. The number of rotatable bonds is 0. The fourth-order valence-electron chi connectivity index (χ4n) is 2.07. The molecule has 0 radical (unpaired) electrons. The van der Waals surface area contributed by atoms with Crippen LogP contribution in [0.15, 0.2) is 48.6 Å². The van der Waals surface area contributed by atoms with Crippen LogP contribution >= 0.6 is 0 Å². The second kappa shape index (κ2) is 3.14. The van der Waals surface area contributed by atoms with Crippen molar-refractivity contribution in [3.8, 4) is 0 Å². The van der Waals surface area contributed by atoms with Gasteiger partial charge < -0.3 is 0 Å². The summed E-state index contributed by atoms with van der Waals surface area (Å²) in [5.74, 6) is -0.188. The van der Waals surface area contributed by atoms with Crippen molar-refractivity contribution in [2.45, 2.75) is 0 Å². The molecule has 76 valence electrons. The van der Waals surface area contributed by atoms with Crippen LogP contribution in [0.1, 0.15) is 20.7 Å². The van der Waals surface area contributed by atoms with Crippen LogP contribution in [0.25, 0.3) is 10.8 Å². The van der Waals surface area contributed by atoms with Crippen LogP contribution in [0, 0.1) is 0 Å². The highest BCUT2D eigenvalue weighted by atomic mass is 16.1. The molecule has 0 bridgehead atoms. The normalized spacial score (nSPS) is 14.2. The van der Waals surface area contributed by atoms with Crippen molar-refractivity contribution in [3.05, 3.63) is 59.7 Å². The summed E-state index contributed by atoms with van der Waals surface area (Å²) in [5, 5.41) is 1.83. The van der Waals surface area contributed by atoms with E-state index in [1.165, 1.54) is 12.2 Å². The molecule has 2 nitrogen and oxygen atoms in total. The molecule has 0 saturated heterocycles. The zero-order valence-electron chi connectivity index (χ0n) is 8.44. The largest absolute Gasteiger partial charge is 0.289 e. The Balaban J connectivity index is 2.48. The second-order valence-electron chi connectivity index (χ2n) is 3.77. The van der Waals surface area contributed by atoms with Crippen LogP contribution in [0.5, 0.6) is 0 Å². The van der Waals surface area contributed by atoms with E-state index in [0.717, 1.165) is 10.8 Å². The van der Waals surface area contributed by atoms with E-state index in [2.05, 4.69) is 0 Å². The summed E-state index contributed by atoms with van der Waals surface area (Å²) in [6, 6.07) is 11.2. The third-order valence-electron chi connectivity index (χ3n) is 2.83. The summed E-state index contributed by atoms with van der Waals surface area (Å²) in [5.41, 5.74) is 1.04. The number of carbonyl (C=O) groups is 2. The zero-order chi connectivity index (χ0) is 11.1. The number of hydrogen-bond donors (Lipinski definition) is 0. The molecular weight excluding hydrogens is 200 g/mol. The molecule has 0 spiro atoms. The van der Waals surface area contributed by atoms with E-state index in [4.69, 9.17) is 0 Å². The van der Waals surface area contributed by atoms with E-state index >= 15 is 0 Å². The molecule has 0 amide bonds. The lowest BCUT2D eigenvalue weighted by Gasteiger charge is -2.11. The Labute approximate surface area is 92.2 Å². The maximum Gasteiger partial charge on any atom is 0.187 e. The third kappa shape index (κ3) is 1.13. The van der Waals surface area contributed by atoms with Gasteiger partial charge in [0.15, 0.2) is 11.6 Å². The molecule has 0 fully saturated rings. The lowest BCUT2D eigenvalue weighted by Crippen LogP contribution is -2.11. The Morgan fingerprint density at radius 3 is 2.38 bits per heavy atom. The topological polar surface area (TPSA) is 34.1 Å². The van der Waals surface area contributed by atoms with Crippen molar-refractivity contribution in [1.29, 1.82) is 0 Å². The number of benzene rings is 2. The summed E-state index contributed by atoms with van der Waals surface area (Å²) < 4.78 is 0. The zero-order valence-corrected chi connectivity index (χ0v) is 8.44. The highest BCUT2D eigenvalue weighted by Gasteiger charge is 2.20. The van der Waals surface area contributed by atoms with Crippen LogP contribution in [0.4, 0.5) is 0 Å². The molecule has 0 unspecified atom stereocenters. The summed E-state index contributed by atoms with van der Waals surface area (Å²) >= 11 is 0. The van der Waals surface area contributed by atoms with Crippen molar-refractivity contribution in [1.82, 2.24) is 0 Å². The molecule has 1 aliphatic rings. The fourth-order valence-corrected chi connectivity index (χ4v) is 2.07. The van der Waals surface area contributed by atoms with Crippen molar-refractivity contribution < 1.29 is 9.59 Å². The van der Waals surface area contributed by atoms with Crippen LogP contribution in [0.3, 0.4) is 0 Å². The van der Waals surface area contributed by atoms with Crippen LogP contribution in [-0.2, 0) is 0 Å². The molecule has 16 heavy (non-hydrogen) atoms. The summed E-state index contributed by atoms with van der Waals surface area (Å²) in [4.78, 5) is 23.4. The van der Waals surface area contributed by atoms with Gasteiger partial charge in [0.05, 0.1) is 0 Å². The average molecular weight is 208 g/mol. The number of fused-ring (bicyclic) bond motifs is 3. The molecule has 2 aromatic carbocycles. The van der Waals surface area contributed by atoms with Gasteiger partial charge in [0.25, 0.3) is 0 Å². The molecule has 0 N–H and O–H groups in total. The maximum absolute atomic E-state index is 11.8. The van der Waals surface area contributed by atoms with Crippen LogP contribution in [0.2, 0.25) is 0 Å². The molecule has 3 rings (SSSR count). The molecule has 0 saturated carbocycles. The first-order valence-electron chi connectivity index (χ1n) is 5.06. The molecule has 0 heterocycles. The Hall–Kier alpha value is -2.22. The van der Waals surface area contributed by atoms with Crippen LogP contribution in [-0.4, -0.2) is 11.6 Å². The molecule has 0 aromatic heterocycles. The monoisotopic (exact) mass is 208 g/mol. The minimum Gasteiger partial charge on any atom is -0.289 e. The summed E-state index contributed by atoms with van der Waals surface area (Å²) in [6.45, 7) is 0. The molecule has 1 aliphatic carbocycles. The van der Waals surface area contributed by atoms with Crippen molar-refractivity contribution in [2.75, 3.05) is 0 Å². The number of hydrogen-bond acceptors (Lipinski definition) is 2. The highest BCUT2D eigenvalue weighted by molar-refractivity contribution is 6.26. The van der Waals surface area contributed by atoms with E-state index < -0.39 is 0 Å². The van der Waals surface area contributed by atoms with Gasteiger partial charge in [-0.1, -0.05) is 30.3 Å². The predicted octanol–water partition coefficient (Wildman–Crippen LogP) is 2.78. The van der Waals surface area contributed by atoms with Gasteiger partial charge >= 0.3 is 0 Å². The minimum atomic E-state index is -0.0969. The molecule has 2 aromatic rings. The smallest absolute Gasteiger partial charge is 0.187 e. The van der Waals surface area contributed by atoms with Crippen molar-refractivity contribution >= 4 is 22.3 Å². The first kappa shape index (κ1) is 9.04.